The number of methoxy groups -OCH3 is 2. The predicted molar refractivity (Wildman–Crippen MR) is 82.0 cm³/mol. The SMILES string of the molecule is COc1cc(F)c([C@H](CCC(F)(F)F)N2CCNCC2)cc1OC. The topological polar surface area (TPSA) is 33.7 Å². The van der Waals surface area contributed by atoms with Crippen molar-refractivity contribution in [3.8, 4) is 11.5 Å². The van der Waals surface area contributed by atoms with Gasteiger partial charge in [-0.1, -0.05) is 0 Å². The molecule has 0 unspecified atom stereocenters. The molecule has 0 spiro atoms. The number of rotatable bonds is 6. The Morgan fingerprint density at radius 1 is 1.12 bits per heavy atom. The molecule has 136 valence electrons. The molecule has 0 amide bonds. The molecule has 1 N–H and O–H groups in total. The first kappa shape index (κ1) is 18.8. The van der Waals surface area contributed by atoms with Crippen molar-refractivity contribution in [2.75, 3.05) is 40.4 Å². The average molecular weight is 350 g/mol. The van der Waals surface area contributed by atoms with Crippen molar-refractivity contribution in [2.24, 2.45) is 0 Å². The Kier molecular flexibility index (Phi) is 6.28. The Labute approximate surface area is 138 Å². The van der Waals surface area contributed by atoms with Crippen molar-refractivity contribution < 1.29 is 27.0 Å². The number of hydrogen-bond donors (Lipinski definition) is 1. The lowest BCUT2D eigenvalue weighted by molar-refractivity contribution is -0.138. The van der Waals surface area contributed by atoms with Gasteiger partial charge in [0.25, 0.3) is 0 Å². The number of benzene rings is 1. The smallest absolute Gasteiger partial charge is 0.389 e. The first-order chi connectivity index (χ1) is 11.4. The van der Waals surface area contributed by atoms with Gasteiger partial charge >= 0.3 is 6.18 Å². The summed E-state index contributed by atoms with van der Waals surface area (Å²) in [6.07, 6.45) is -5.44. The Hall–Kier alpha value is -1.54. The molecule has 0 radical (unpaired) electrons. The number of piperazine rings is 1. The second kappa shape index (κ2) is 8.02. The third-order valence-electron chi connectivity index (χ3n) is 4.16. The number of hydrogen-bond acceptors (Lipinski definition) is 4. The second-order valence-corrected chi connectivity index (χ2v) is 5.68. The third-order valence-corrected chi connectivity index (χ3v) is 4.16. The highest BCUT2D eigenvalue weighted by Crippen LogP contribution is 2.38. The van der Waals surface area contributed by atoms with Crippen molar-refractivity contribution in [3.05, 3.63) is 23.5 Å². The first-order valence-electron chi connectivity index (χ1n) is 7.78. The second-order valence-electron chi connectivity index (χ2n) is 5.68. The van der Waals surface area contributed by atoms with Gasteiger partial charge in [0.2, 0.25) is 0 Å². The van der Waals surface area contributed by atoms with Gasteiger partial charge < -0.3 is 14.8 Å². The maximum atomic E-state index is 14.5. The molecule has 1 aliphatic rings. The van der Waals surface area contributed by atoms with Gasteiger partial charge in [0, 0.05) is 50.3 Å². The van der Waals surface area contributed by atoms with Gasteiger partial charge in [-0.3, -0.25) is 4.90 Å². The number of alkyl halides is 3. The van der Waals surface area contributed by atoms with Crippen LogP contribution in [0.1, 0.15) is 24.4 Å². The summed E-state index contributed by atoms with van der Waals surface area (Å²) in [5, 5.41) is 3.15. The van der Waals surface area contributed by atoms with Crippen LogP contribution in [0.3, 0.4) is 0 Å². The molecule has 0 aromatic heterocycles. The average Bonchev–Trinajstić information content (AvgIpc) is 2.55. The highest BCUT2D eigenvalue weighted by Gasteiger charge is 2.33. The van der Waals surface area contributed by atoms with Crippen molar-refractivity contribution in [1.82, 2.24) is 10.2 Å². The van der Waals surface area contributed by atoms with Crippen LogP contribution in [0.2, 0.25) is 0 Å². The van der Waals surface area contributed by atoms with Gasteiger partial charge in [0.1, 0.15) is 5.82 Å². The van der Waals surface area contributed by atoms with Crippen LogP contribution in [0.4, 0.5) is 17.6 Å². The Morgan fingerprint density at radius 3 is 2.25 bits per heavy atom. The molecule has 8 heteroatoms. The number of nitrogens with one attached hydrogen (secondary N) is 1. The third kappa shape index (κ3) is 4.73. The lowest BCUT2D eigenvalue weighted by atomic mass is 9.98. The van der Waals surface area contributed by atoms with E-state index >= 15 is 0 Å². The molecule has 1 aromatic rings. The van der Waals surface area contributed by atoms with Gasteiger partial charge in [0.05, 0.1) is 14.2 Å². The zero-order chi connectivity index (χ0) is 17.7. The summed E-state index contributed by atoms with van der Waals surface area (Å²) in [4.78, 5) is 1.88. The van der Waals surface area contributed by atoms with Crippen LogP contribution < -0.4 is 14.8 Å². The normalized spacial score (nSPS) is 17.6. The van der Waals surface area contributed by atoms with Gasteiger partial charge in [-0.25, -0.2) is 4.39 Å². The largest absolute Gasteiger partial charge is 0.493 e. The molecule has 1 fully saturated rings. The van der Waals surface area contributed by atoms with E-state index in [2.05, 4.69) is 5.32 Å². The van der Waals surface area contributed by atoms with E-state index in [4.69, 9.17) is 9.47 Å². The van der Waals surface area contributed by atoms with E-state index in [1.165, 1.54) is 20.3 Å². The van der Waals surface area contributed by atoms with Gasteiger partial charge in [-0.15, -0.1) is 0 Å². The van der Waals surface area contributed by atoms with Crippen LogP contribution in [0.5, 0.6) is 11.5 Å². The highest BCUT2D eigenvalue weighted by atomic mass is 19.4. The number of halogens is 4. The first-order valence-corrected chi connectivity index (χ1v) is 7.78. The maximum Gasteiger partial charge on any atom is 0.389 e. The van der Waals surface area contributed by atoms with Crippen molar-refractivity contribution >= 4 is 0 Å². The van der Waals surface area contributed by atoms with Crippen LogP contribution in [0.25, 0.3) is 0 Å². The van der Waals surface area contributed by atoms with Crippen molar-refractivity contribution in [2.45, 2.75) is 25.1 Å². The molecule has 0 aliphatic carbocycles. The van der Waals surface area contributed by atoms with Gasteiger partial charge in [-0.2, -0.15) is 13.2 Å². The fourth-order valence-electron chi connectivity index (χ4n) is 2.95. The number of nitrogens with zero attached hydrogens (tertiary/aromatic N) is 1. The zero-order valence-corrected chi connectivity index (χ0v) is 13.8. The Bertz CT molecular complexity index is 546. The maximum absolute atomic E-state index is 14.5. The molecule has 24 heavy (non-hydrogen) atoms. The fourth-order valence-corrected chi connectivity index (χ4v) is 2.95. The fraction of sp³-hybridized carbons (Fsp3) is 0.625. The monoisotopic (exact) mass is 350 g/mol. The summed E-state index contributed by atoms with van der Waals surface area (Å²) in [6.45, 7) is 2.46. The molecule has 1 saturated heterocycles. The molecule has 1 heterocycles. The highest BCUT2D eigenvalue weighted by molar-refractivity contribution is 5.44. The summed E-state index contributed by atoms with van der Waals surface area (Å²) in [7, 11) is 2.80. The molecule has 4 nitrogen and oxygen atoms in total. The van der Waals surface area contributed by atoms with Gasteiger partial charge in [0.15, 0.2) is 11.5 Å². The van der Waals surface area contributed by atoms with Crippen molar-refractivity contribution in [1.29, 1.82) is 0 Å². The zero-order valence-electron chi connectivity index (χ0n) is 13.8. The van der Waals surface area contributed by atoms with E-state index in [0.717, 1.165) is 6.07 Å². The molecule has 1 aromatic carbocycles. The molecular formula is C16H22F4N2O2. The van der Waals surface area contributed by atoms with E-state index in [1.807, 2.05) is 4.90 Å². The molecular weight excluding hydrogens is 328 g/mol. The summed E-state index contributed by atoms with van der Waals surface area (Å²) < 4.78 is 62.8. The summed E-state index contributed by atoms with van der Waals surface area (Å²) in [5.41, 5.74) is 0.207. The lowest BCUT2D eigenvalue weighted by Crippen LogP contribution is -2.45. The molecule has 1 aliphatic heterocycles. The Morgan fingerprint density at radius 2 is 1.71 bits per heavy atom. The van der Waals surface area contributed by atoms with Crippen molar-refractivity contribution in [3.63, 3.8) is 0 Å². The quantitative estimate of drug-likeness (QED) is 0.800. The minimum atomic E-state index is -4.28. The van der Waals surface area contributed by atoms with E-state index in [1.54, 1.807) is 0 Å². The van der Waals surface area contributed by atoms with Crippen LogP contribution >= 0.6 is 0 Å². The van der Waals surface area contributed by atoms with E-state index in [0.29, 0.717) is 31.9 Å². The molecule has 0 saturated carbocycles. The molecule has 2 rings (SSSR count). The van der Waals surface area contributed by atoms with Crippen LogP contribution in [0, 0.1) is 5.82 Å². The standard InChI is InChI=1S/C16H22F4N2O2/c1-23-14-9-11(12(17)10-15(14)24-2)13(3-4-16(18,19)20)22-7-5-21-6-8-22/h9-10,13,21H,3-8H2,1-2H3/t13-/m0/s1. The lowest BCUT2D eigenvalue weighted by Gasteiger charge is -2.35. The van der Waals surface area contributed by atoms with Gasteiger partial charge in [-0.05, 0) is 12.5 Å². The minimum absolute atomic E-state index is 0.199. The van der Waals surface area contributed by atoms with E-state index < -0.39 is 24.5 Å². The molecule has 1 atom stereocenters. The van der Waals surface area contributed by atoms with Crippen LogP contribution in [-0.4, -0.2) is 51.5 Å². The predicted octanol–water partition coefficient (Wildman–Crippen LogP) is 3.13. The van der Waals surface area contributed by atoms with E-state index in [9.17, 15) is 17.6 Å². The summed E-state index contributed by atoms with van der Waals surface area (Å²) >= 11 is 0. The summed E-state index contributed by atoms with van der Waals surface area (Å²) in [6, 6.07) is 1.95. The Balaban J connectivity index is 2.34. The van der Waals surface area contributed by atoms with Crippen LogP contribution in [-0.2, 0) is 0 Å². The summed E-state index contributed by atoms with van der Waals surface area (Å²) in [5.74, 6) is -0.0620. The van der Waals surface area contributed by atoms with E-state index in [-0.39, 0.29) is 17.7 Å². The molecule has 0 bridgehead atoms. The van der Waals surface area contributed by atoms with Crippen LogP contribution in [0.15, 0.2) is 12.1 Å². The minimum Gasteiger partial charge on any atom is -0.493 e. The number of ether oxygens (including phenoxy) is 2.